The van der Waals surface area contributed by atoms with Gasteiger partial charge >= 0.3 is 0 Å². The van der Waals surface area contributed by atoms with E-state index in [2.05, 4.69) is 41.1 Å². The van der Waals surface area contributed by atoms with E-state index in [0.29, 0.717) is 0 Å². The zero-order chi connectivity index (χ0) is 19.2. The number of piperazine rings is 1. The molecule has 0 N–H and O–H groups in total. The monoisotopic (exact) mass is 367 g/mol. The van der Waals surface area contributed by atoms with Crippen molar-refractivity contribution in [3.63, 3.8) is 0 Å². The Labute approximate surface area is 162 Å². The average molecular weight is 367 g/mol. The molecule has 27 heavy (non-hydrogen) atoms. The number of hydrogen-bond acceptors (Lipinski definition) is 5. The Morgan fingerprint density at radius 3 is 2.22 bits per heavy atom. The lowest BCUT2D eigenvalue weighted by molar-refractivity contribution is 0.130. The van der Waals surface area contributed by atoms with Gasteiger partial charge in [0.25, 0.3) is 0 Å². The largest absolute Gasteiger partial charge is 0.493 e. The van der Waals surface area contributed by atoms with Gasteiger partial charge in [-0.1, -0.05) is 29.8 Å². The molecule has 0 aromatic heterocycles. The van der Waals surface area contributed by atoms with E-state index in [1.54, 1.807) is 14.2 Å². The smallest absolute Gasteiger partial charge is 0.161 e. The number of hydrogen-bond donors (Lipinski definition) is 0. The zero-order valence-electron chi connectivity index (χ0n) is 16.7. The van der Waals surface area contributed by atoms with E-state index in [4.69, 9.17) is 14.6 Å². The van der Waals surface area contributed by atoms with E-state index in [1.807, 2.05) is 25.1 Å². The van der Waals surface area contributed by atoms with Gasteiger partial charge in [0, 0.05) is 38.3 Å². The van der Waals surface area contributed by atoms with Gasteiger partial charge in [-0.15, -0.1) is 0 Å². The summed E-state index contributed by atoms with van der Waals surface area (Å²) in [5.41, 5.74) is 4.72. The Balaban J connectivity index is 1.58. The van der Waals surface area contributed by atoms with E-state index >= 15 is 0 Å². The first-order valence-corrected chi connectivity index (χ1v) is 9.39. The highest BCUT2D eigenvalue weighted by molar-refractivity contribution is 5.99. The molecule has 2 aromatic carbocycles. The van der Waals surface area contributed by atoms with Crippen LogP contribution < -0.4 is 9.47 Å². The minimum Gasteiger partial charge on any atom is -0.493 e. The number of hydrazone groups is 1. The summed E-state index contributed by atoms with van der Waals surface area (Å²) in [6, 6.07) is 14.7. The summed E-state index contributed by atoms with van der Waals surface area (Å²) in [6.07, 6.45) is 0. The maximum absolute atomic E-state index is 5.39. The van der Waals surface area contributed by atoms with Crippen molar-refractivity contribution in [3.05, 3.63) is 59.2 Å². The third kappa shape index (κ3) is 5.01. The SMILES string of the molecule is COc1ccc(/C(C)=N\N2CCN(Cc3ccc(C)cc3)CC2)cc1OC. The number of ether oxygens (including phenoxy) is 2. The molecule has 0 aliphatic carbocycles. The van der Waals surface area contributed by atoms with Crippen molar-refractivity contribution >= 4 is 5.71 Å². The molecule has 5 nitrogen and oxygen atoms in total. The number of aryl methyl sites for hydroxylation is 1. The van der Waals surface area contributed by atoms with E-state index in [-0.39, 0.29) is 0 Å². The molecule has 0 unspecified atom stereocenters. The first kappa shape index (κ1) is 19.2. The first-order valence-electron chi connectivity index (χ1n) is 9.39. The van der Waals surface area contributed by atoms with E-state index in [0.717, 1.165) is 55.5 Å². The lowest BCUT2D eigenvalue weighted by atomic mass is 10.1. The van der Waals surface area contributed by atoms with Gasteiger partial charge in [-0.2, -0.15) is 5.10 Å². The van der Waals surface area contributed by atoms with Crippen molar-refractivity contribution in [2.75, 3.05) is 40.4 Å². The highest BCUT2D eigenvalue weighted by Crippen LogP contribution is 2.27. The van der Waals surface area contributed by atoms with Crippen molar-refractivity contribution in [2.24, 2.45) is 5.10 Å². The molecule has 0 radical (unpaired) electrons. The first-order chi connectivity index (χ1) is 13.1. The van der Waals surface area contributed by atoms with Crippen molar-refractivity contribution in [2.45, 2.75) is 20.4 Å². The van der Waals surface area contributed by atoms with Gasteiger partial charge in [0.15, 0.2) is 11.5 Å². The van der Waals surface area contributed by atoms with Gasteiger partial charge in [0.1, 0.15) is 0 Å². The van der Waals surface area contributed by atoms with Crippen LogP contribution in [0.2, 0.25) is 0 Å². The van der Waals surface area contributed by atoms with Crippen molar-refractivity contribution < 1.29 is 9.47 Å². The topological polar surface area (TPSA) is 37.3 Å². The van der Waals surface area contributed by atoms with Crippen LogP contribution in [0, 0.1) is 6.92 Å². The number of benzene rings is 2. The van der Waals surface area contributed by atoms with E-state index in [9.17, 15) is 0 Å². The predicted octanol–water partition coefficient (Wildman–Crippen LogP) is 3.55. The van der Waals surface area contributed by atoms with Crippen molar-refractivity contribution in [1.82, 2.24) is 9.91 Å². The summed E-state index contributed by atoms with van der Waals surface area (Å²) in [7, 11) is 3.30. The second kappa shape index (κ2) is 8.91. The fourth-order valence-electron chi connectivity index (χ4n) is 3.28. The van der Waals surface area contributed by atoms with Crippen LogP contribution in [-0.4, -0.2) is 56.0 Å². The van der Waals surface area contributed by atoms with E-state index in [1.165, 1.54) is 11.1 Å². The third-order valence-electron chi connectivity index (χ3n) is 4.97. The second-order valence-corrected chi connectivity index (χ2v) is 6.97. The average Bonchev–Trinajstić information content (AvgIpc) is 2.70. The molecule has 5 heteroatoms. The Kier molecular flexibility index (Phi) is 6.35. The van der Waals surface area contributed by atoms with Crippen LogP contribution in [0.5, 0.6) is 11.5 Å². The molecule has 1 heterocycles. The lowest BCUT2D eigenvalue weighted by Crippen LogP contribution is -2.43. The summed E-state index contributed by atoms with van der Waals surface area (Å²) >= 11 is 0. The summed E-state index contributed by atoms with van der Waals surface area (Å²) in [5, 5.41) is 6.98. The van der Waals surface area contributed by atoms with Crippen molar-refractivity contribution in [1.29, 1.82) is 0 Å². The normalized spacial score (nSPS) is 15.7. The number of rotatable bonds is 6. The Bertz CT molecular complexity index is 779. The number of nitrogens with zero attached hydrogens (tertiary/aromatic N) is 3. The van der Waals surface area contributed by atoms with E-state index < -0.39 is 0 Å². The van der Waals surface area contributed by atoms with Gasteiger partial charge in [0.2, 0.25) is 0 Å². The fourth-order valence-corrected chi connectivity index (χ4v) is 3.28. The van der Waals surface area contributed by atoms with Gasteiger partial charge in [-0.05, 0) is 37.6 Å². The molecule has 1 fully saturated rings. The third-order valence-corrected chi connectivity index (χ3v) is 4.97. The zero-order valence-corrected chi connectivity index (χ0v) is 16.7. The van der Waals surface area contributed by atoms with Crippen LogP contribution in [-0.2, 0) is 6.54 Å². The molecule has 144 valence electrons. The van der Waals surface area contributed by atoms with Gasteiger partial charge in [0.05, 0.1) is 19.9 Å². The standard InChI is InChI=1S/C22H29N3O2/c1-17-5-7-19(8-6-17)16-24-11-13-25(14-12-24)23-18(2)20-9-10-21(26-3)22(15-20)27-4/h5-10,15H,11-14,16H2,1-4H3/b23-18-. The summed E-state index contributed by atoms with van der Waals surface area (Å²) in [5.74, 6) is 1.46. The second-order valence-electron chi connectivity index (χ2n) is 6.97. The molecule has 0 spiro atoms. The fraction of sp³-hybridized carbons (Fsp3) is 0.409. The van der Waals surface area contributed by atoms with Crippen LogP contribution in [0.15, 0.2) is 47.6 Å². The quantitative estimate of drug-likeness (QED) is 0.732. The highest BCUT2D eigenvalue weighted by Gasteiger charge is 2.16. The van der Waals surface area contributed by atoms with Crippen LogP contribution in [0.1, 0.15) is 23.6 Å². The molecular weight excluding hydrogens is 338 g/mol. The minimum absolute atomic E-state index is 0.729. The van der Waals surface area contributed by atoms with Gasteiger partial charge in [-0.25, -0.2) is 0 Å². The molecule has 0 bridgehead atoms. The van der Waals surface area contributed by atoms with Gasteiger partial charge < -0.3 is 9.47 Å². The summed E-state index contributed by atoms with van der Waals surface area (Å²) in [6.45, 7) is 9.11. The van der Waals surface area contributed by atoms with Crippen LogP contribution in [0.25, 0.3) is 0 Å². The minimum atomic E-state index is 0.729. The lowest BCUT2D eigenvalue weighted by Gasteiger charge is -2.33. The predicted molar refractivity (Wildman–Crippen MR) is 110 cm³/mol. The Hall–Kier alpha value is -2.53. The van der Waals surface area contributed by atoms with Crippen LogP contribution in [0.3, 0.4) is 0 Å². The molecule has 2 aromatic rings. The maximum atomic E-state index is 5.39. The maximum Gasteiger partial charge on any atom is 0.161 e. The molecule has 1 saturated heterocycles. The highest BCUT2D eigenvalue weighted by atomic mass is 16.5. The van der Waals surface area contributed by atoms with Crippen LogP contribution in [0.4, 0.5) is 0 Å². The van der Waals surface area contributed by atoms with Gasteiger partial charge in [-0.3, -0.25) is 9.91 Å². The van der Waals surface area contributed by atoms with Crippen molar-refractivity contribution in [3.8, 4) is 11.5 Å². The molecule has 3 rings (SSSR count). The summed E-state index contributed by atoms with van der Waals surface area (Å²) in [4.78, 5) is 2.49. The Morgan fingerprint density at radius 2 is 1.59 bits per heavy atom. The molecular formula is C22H29N3O2. The molecule has 0 atom stereocenters. The molecule has 0 saturated carbocycles. The summed E-state index contributed by atoms with van der Waals surface area (Å²) < 4.78 is 10.7. The Morgan fingerprint density at radius 1 is 0.926 bits per heavy atom. The molecule has 1 aliphatic heterocycles. The molecule has 0 amide bonds. The van der Waals surface area contributed by atoms with Crippen LogP contribution >= 0.6 is 0 Å². The number of methoxy groups -OCH3 is 2. The molecule has 1 aliphatic rings.